The molecule has 0 unspecified atom stereocenters. The highest BCUT2D eigenvalue weighted by Gasteiger charge is 2.37. The molecule has 1 aromatic carbocycles. The Morgan fingerprint density at radius 1 is 1.14 bits per heavy atom. The van der Waals surface area contributed by atoms with Gasteiger partial charge in [-0.15, -0.1) is 11.3 Å². The van der Waals surface area contributed by atoms with Crippen LogP contribution in [0, 0.1) is 0 Å². The number of piperidine rings is 1. The molecule has 2 aliphatic heterocycles. The smallest absolute Gasteiger partial charge is 0.266 e. The molecule has 0 atom stereocenters. The molecule has 4 rings (SSSR count). The average molecular weight is 419 g/mol. The van der Waals surface area contributed by atoms with Gasteiger partial charge in [-0.3, -0.25) is 9.69 Å². The number of fused-ring (bicyclic) bond motifs is 1. The fraction of sp³-hybridized carbons (Fsp3) is 0.500. The highest BCUT2D eigenvalue weighted by Crippen LogP contribution is 2.29. The highest BCUT2D eigenvalue weighted by atomic mass is 35.5. The molecule has 0 saturated carbocycles. The summed E-state index contributed by atoms with van der Waals surface area (Å²) in [6, 6.07) is 10.00. The summed E-state index contributed by atoms with van der Waals surface area (Å²) in [5.74, 6) is 0.720. The zero-order valence-corrected chi connectivity index (χ0v) is 18.1. The van der Waals surface area contributed by atoms with Crippen molar-refractivity contribution in [3.63, 3.8) is 0 Å². The highest BCUT2D eigenvalue weighted by molar-refractivity contribution is 7.10. The Morgan fingerprint density at radius 2 is 1.86 bits per heavy atom. The van der Waals surface area contributed by atoms with E-state index in [2.05, 4.69) is 16.3 Å². The van der Waals surface area contributed by atoms with Crippen molar-refractivity contribution in [2.24, 2.45) is 0 Å². The molecule has 4 nitrogen and oxygen atoms in total. The van der Waals surface area contributed by atoms with Crippen LogP contribution in [0.3, 0.4) is 0 Å². The van der Waals surface area contributed by atoms with Crippen LogP contribution in [-0.4, -0.2) is 47.0 Å². The Morgan fingerprint density at radius 3 is 2.57 bits per heavy atom. The lowest BCUT2D eigenvalue weighted by Gasteiger charge is -2.41. The maximum atomic E-state index is 13.1. The molecule has 6 heteroatoms. The van der Waals surface area contributed by atoms with E-state index in [1.807, 2.05) is 30.1 Å². The van der Waals surface area contributed by atoms with Crippen molar-refractivity contribution < 1.29 is 9.53 Å². The maximum absolute atomic E-state index is 13.1. The van der Waals surface area contributed by atoms with E-state index in [0.717, 1.165) is 45.4 Å². The van der Waals surface area contributed by atoms with Crippen LogP contribution in [0.25, 0.3) is 0 Å². The van der Waals surface area contributed by atoms with Gasteiger partial charge in [0, 0.05) is 42.1 Å². The lowest BCUT2D eigenvalue weighted by atomic mass is 9.98. The van der Waals surface area contributed by atoms with E-state index >= 15 is 0 Å². The van der Waals surface area contributed by atoms with Gasteiger partial charge in [0.2, 0.25) is 0 Å². The Labute approximate surface area is 176 Å². The van der Waals surface area contributed by atoms with Gasteiger partial charge in [-0.05, 0) is 74.4 Å². The third-order valence-corrected chi connectivity index (χ3v) is 7.08. The first-order valence-electron chi connectivity index (χ1n) is 9.95. The Bertz CT molecular complexity index is 825. The topological polar surface area (TPSA) is 32.8 Å². The van der Waals surface area contributed by atoms with Crippen LogP contribution in [0.2, 0.25) is 5.02 Å². The third kappa shape index (κ3) is 4.22. The van der Waals surface area contributed by atoms with Crippen molar-refractivity contribution in [2.75, 3.05) is 19.6 Å². The second-order valence-corrected chi connectivity index (χ2v) is 9.62. The SMILES string of the molecule is CC(C)(Oc1ccc(Cl)cc1)C(=O)N1CCC(N2CCc3sccc3C2)CC1. The number of amides is 1. The third-order valence-electron chi connectivity index (χ3n) is 5.81. The quantitative estimate of drug-likeness (QED) is 0.726. The van der Waals surface area contributed by atoms with Gasteiger partial charge in [0.1, 0.15) is 5.75 Å². The molecule has 150 valence electrons. The zero-order valence-electron chi connectivity index (χ0n) is 16.5. The molecule has 1 aromatic heterocycles. The number of nitrogens with zero attached hydrogens (tertiary/aromatic N) is 2. The molecule has 1 amide bonds. The van der Waals surface area contributed by atoms with Crippen LogP contribution in [0.15, 0.2) is 35.7 Å². The Hall–Kier alpha value is -1.56. The van der Waals surface area contributed by atoms with E-state index in [0.29, 0.717) is 16.8 Å². The van der Waals surface area contributed by atoms with E-state index in [1.165, 1.54) is 5.56 Å². The lowest BCUT2D eigenvalue weighted by Crippen LogP contribution is -2.54. The number of likely N-dealkylation sites (tertiary alicyclic amines) is 1. The first-order chi connectivity index (χ1) is 13.4. The van der Waals surface area contributed by atoms with Crippen LogP contribution in [-0.2, 0) is 17.8 Å². The number of ether oxygens (including phenoxy) is 1. The largest absolute Gasteiger partial charge is 0.478 e. The monoisotopic (exact) mass is 418 g/mol. The van der Waals surface area contributed by atoms with Gasteiger partial charge in [-0.1, -0.05) is 11.6 Å². The predicted octanol–water partition coefficient (Wildman–Crippen LogP) is 4.61. The van der Waals surface area contributed by atoms with Crippen molar-refractivity contribution in [3.05, 3.63) is 51.2 Å². The number of benzene rings is 1. The zero-order chi connectivity index (χ0) is 19.7. The van der Waals surface area contributed by atoms with E-state index < -0.39 is 5.60 Å². The lowest BCUT2D eigenvalue weighted by molar-refractivity contribution is -0.147. The van der Waals surface area contributed by atoms with Gasteiger partial charge < -0.3 is 9.64 Å². The van der Waals surface area contributed by atoms with Crippen molar-refractivity contribution in [2.45, 2.75) is 51.3 Å². The molecule has 0 radical (unpaired) electrons. The van der Waals surface area contributed by atoms with E-state index in [4.69, 9.17) is 16.3 Å². The van der Waals surface area contributed by atoms with Gasteiger partial charge in [-0.2, -0.15) is 0 Å². The number of rotatable bonds is 4. The van der Waals surface area contributed by atoms with Crippen molar-refractivity contribution >= 4 is 28.8 Å². The number of thiophene rings is 1. The minimum Gasteiger partial charge on any atom is -0.478 e. The molecule has 2 aliphatic rings. The average Bonchev–Trinajstić information content (AvgIpc) is 3.17. The van der Waals surface area contributed by atoms with Crippen molar-refractivity contribution in [1.82, 2.24) is 9.80 Å². The van der Waals surface area contributed by atoms with E-state index in [1.54, 1.807) is 29.1 Å². The van der Waals surface area contributed by atoms with E-state index in [9.17, 15) is 4.79 Å². The van der Waals surface area contributed by atoms with Crippen molar-refractivity contribution in [1.29, 1.82) is 0 Å². The summed E-state index contributed by atoms with van der Waals surface area (Å²) in [7, 11) is 0. The number of hydrogen-bond acceptors (Lipinski definition) is 4. The number of carbonyl (C=O) groups excluding carboxylic acids is 1. The fourth-order valence-electron chi connectivity index (χ4n) is 4.24. The molecule has 0 spiro atoms. The van der Waals surface area contributed by atoms with Crippen LogP contribution < -0.4 is 4.74 Å². The first kappa shape index (κ1) is 19.7. The molecular weight excluding hydrogens is 392 g/mol. The summed E-state index contributed by atoms with van der Waals surface area (Å²) in [6.07, 6.45) is 3.22. The van der Waals surface area contributed by atoms with Gasteiger partial charge >= 0.3 is 0 Å². The molecule has 28 heavy (non-hydrogen) atoms. The van der Waals surface area contributed by atoms with Crippen LogP contribution in [0.1, 0.15) is 37.1 Å². The van der Waals surface area contributed by atoms with Crippen molar-refractivity contribution in [3.8, 4) is 5.75 Å². The summed E-state index contributed by atoms with van der Waals surface area (Å²) in [6.45, 7) is 7.48. The van der Waals surface area contributed by atoms with Crippen LogP contribution in [0.5, 0.6) is 5.75 Å². The van der Waals surface area contributed by atoms with Gasteiger partial charge in [0.25, 0.3) is 5.91 Å². The maximum Gasteiger partial charge on any atom is 0.266 e. The summed E-state index contributed by atoms with van der Waals surface area (Å²) in [5, 5.41) is 2.86. The molecule has 0 bridgehead atoms. The number of halogens is 1. The minimum atomic E-state index is -0.891. The second-order valence-electron chi connectivity index (χ2n) is 8.18. The van der Waals surface area contributed by atoms with Gasteiger partial charge in [0.05, 0.1) is 0 Å². The molecular formula is C22H27ClN2O2S. The van der Waals surface area contributed by atoms with Gasteiger partial charge in [-0.25, -0.2) is 0 Å². The number of carbonyl (C=O) groups is 1. The molecule has 0 N–H and O–H groups in total. The van der Waals surface area contributed by atoms with E-state index in [-0.39, 0.29) is 5.91 Å². The standard InChI is InChI=1S/C22H27ClN2O2S/c1-22(2,27-19-5-3-17(23)4-6-19)21(26)24-11-7-18(8-12-24)25-13-9-20-16(15-25)10-14-28-20/h3-6,10,14,18H,7-9,11-13,15H2,1-2H3. The van der Waals surface area contributed by atoms with Crippen LogP contribution in [0.4, 0.5) is 0 Å². The molecule has 3 heterocycles. The molecule has 1 fully saturated rings. The summed E-state index contributed by atoms with van der Waals surface area (Å²) in [5.41, 5.74) is 0.601. The first-order valence-corrected chi connectivity index (χ1v) is 11.2. The minimum absolute atomic E-state index is 0.0552. The predicted molar refractivity (Wildman–Crippen MR) is 114 cm³/mol. The van der Waals surface area contributed by atoms with Gasteiger partial charge in [0.15, 0.2) is 5.60 Å². The number of hydrogen-bond donors (Lipinski definition) is 0. The molecule has 2 aromatic rings. The second kappa shape index (κ2) is 8.05. The summed E-state index contributed by atoms with van der Waals surface area (Å²) >= 11 is 7.81. The normalized spacial score (nSPS) is 18.8. The van der Waals surface area contributed by atoms with Crippen LogP contribution >= 0.6 is 22.9 Å². The Kier molecular flexibility index (Phi) is 5.68. The fourth-order valence-corrected chi connectivity index (χ4v) is 5.25. The summed E-state index contributed by atoms with van der Waals surface area (Å²) in [4.78, 5) is 19.2. The molecule has 1 saturated heterocycles. The summed E-state index contributed by atoms with van der Waals surface area (Å²) < 4.78 is 5.99. The molecule has 0 aliphatic carbocycles. The Balaban J connectivity index is 1.32.